The monoisotopic (exact) mass is 488 g/mol. The number of fused-ring (bicyclic) bond motifs is 2. The smallest absolute Gasteiger partial charge is 0.209 e. The van der Waals surface area contributed by atoms with Crippen LogP contribution in [-0.4, -0.2) is 62.2 Å². The number of primary sulfonamides is 1. The van der Waals surface area contributed by atoms with Crippen molar-refractivity contribution in [1.29, 1.82) is 0 Å². The van der Waals surface area contributed by atoms with E-state index in [2.05, 4.69) is 46.2 Å². The van der Waals surface area contributed by atoms with E-state index < -0.39 is 34.6 Å². The number of aromatic nitrogens is 4. The van der Waals surface area contributed by atoms with Gasteiger partial charge in [0.2, 0.25) is 10.0 Å². The Kier molecular flexibility index (Phi) is 5.60. The number of nitrogens with zero attached hydrogens (tertiary/aromatic N) is 4. The summed E-state index contributed by atoms with van der Waals surface area (Å²) < 4.78 is 29.9. The van der Waals surface area contributed by atoms with E-state index in [0.717, 1.165) is 6.42 Å². The number of sulfonamides is 1. The molecule has 5 rings (SSSR count). The minimum Gasteiger partial charge on any atom is -0.388 e. The van der Waals surface area contributed by atoms with E-state index in [-0.39, 0.29) is 23.6 Å². The maximum absolute atomic E-state index is 11.3. The second-order valence-corrected chi connectivity index (χ2v) is 11.4. The van der Waals surface area contributed by atoms with E-state index in [9.17, 15) is 18.6 Å². The van der Waals surface area contributed by atoms with E-state index in [0.29, 0.717) is 17.0 Å². The molecule has 2 unspecified atom stereocenters. The van der Waals surface area contributed by atoms with E-state index in [4.69, 9.17) is 9.88 Å². The minimum atomic E-state index is -3.73. The van der Waals surface area contributed by atoms with Crippen LogP contribution in [0.15, 0.2) is 36.9 Å². The molecule has 2 aromatic heterocycles. The molecule has 3 aromatic rings. The number of aliphatic hydroxyl groups excluding tert-OH is 2. The molecular weight excluding hydrogens is 460 g/mol. The first-order valence-corrected chi connectivity index (χ1v) is 12.8. The lowest BCUT2D eigenvalue weighted by Gasteiger charge is -2.20. The molecule has 5 N–H and O–H groups in total. The fourth-order valence-electron chi connectivity index (χ4n) is 5.06. The van der Waals surface area contributed by atoms with Crippen molar-refractivity contribution in [3.63, 3.8) is 0 Å². The standard InChI is InChI=1S/C22H28N6O5S/c1-22(2)9-14(12-5-3-4-6-13(12)22)27-19-16-20(25-10-24-19)28(11-26-16)21-18(30)17(29)15(33-21)7-8-34(23,31)32/h3-6,10-11,14-15,17-18,21,29-30H,7-9H2,1-2H3,(H2,23,31,32)(H,24,25,27)/t14?,15?,17-,18-,21-/m1/s1. The Morgan fingerprint density at radius 2 is 1.97 bits per heavy atom. The van der Waals surface area contributed by atoms with Gasteiger partial charge < -0.3 is 20.3 Å². The Balaban J connectivity index is 1.42. The Morgan fingerprint density at radius 1 is 1.21 bits per heavy atom. The molecule has 11 nitrogen and oxygen atoms in total. The number of rotatable bonds is 6. The number of hydrogen-bond acceptors (Lipinski definition) is 9. The van der Waals surface area contributed by atoms with Gasteiger partial charge in [-0.15, -0.1) is 0 Å². The molecule has 0 spiro atoms. The first-order valence-electron chi connectivity index (χ1n) is 11.1. The highest BCUT2D eigenvalue weighted by atomic mass is 32.2. The molecule has 1 fully saturated rings. The summed E-state index contributed by atoms with van der Waals surface area (Å²) in [6, 6.07) is 8.38. The van der Waals surface area contributed by atoms with Gasteiger partial charge >= 0.3 is 0 Å². The summed E-state index contributed by atoms with van der Waals surface area (Å²) in [5, 5.41) is 29.5. The molecule has 1 saturated heterocycles. The number of ether oxygens (including phenoxy) is 1. The lowest BCUT2D eigenvalue weighted by atomic mass is 9.86. The van der Waals surface area contributed by atoms with Gasteiger partial charge in [0.05, 0.1) is 24.2 Å². The second kappa shape index (κ2) is 8.24. The molecule has 0 bridgehead atoms. The molecule has 12 heteroatoms. The lowest BCUT2D eigenvalue weighted by molar-refractivity contribution is -0.0353. The highest BCUT2D eigenvalue weighted by Gasteiger charge is 2.44. The van der Waals surface area contributed by atoms with E-state index in [1.807, 2.05) is 12.1 Å². The SMILES string of the molecule is CC1(C)CC(Nc2ncnc3c2ncn3[C@@H]2OC(CCS(N)(=O)=O)[C@@H](O)[C@H]2O)c2ccccc21. The van der Waals surface area contributed by atoms with Crippen LogP contribution in [0.3, 0.4) is 0 Å². The van der Waals surface area contributed by atoms with Gasteiger partial charge in [0, 0.05) is 0 Å². The molecular formula is C22H28N6O5S. The maximum Gasteiger partial charge on any atom is 0.209 e. The average molecular weight is 489 g/mol. The summed E-state index contributed by atoms with van der Waals surface area (Å²) >= 11 is 0. The van der Waals surface area contributed by atoms with Crippen molar-refractivity contribution in [3.8, 4) is 0 Å². The van der Waals surface area contributed by atoms with Gasteiger partial charge in [-0.05, 0) is 29.4 Å². The topological polar surface area (TPSA) is 165 Å². The van der Waals surface area contributed by atoms with Crippen LogP contribution in [0.4, 0.5) is 5.82 Å². The van der Waals surface area contributed by atoms with Crippen LogP contribution in [-0.2, 0) is 20.2 Å². The van der Waals surface area contributed by atoms with Gasteiger partial charge in [0.15, 0.2) is 23.2 Å². The van der Waals surface area contributed by atoms with Gasteiger partial charge in [-0.3, -0.25) is 4.57 Å². The molecule has 1 aromatic carbocycles. The Hall–Kier alpha value is -2.64. The maximum atomic E-state index is 11.3. The van der Waals surface area contributed by atoms with Gasteiger partial charge in [0.1, 0.15) is 18.5 Å². The van der Waals surface area contributed by atoms with Crippen LogP contribution in [0.2, 0.25) is 0 Å². The fourth-order valence-corrected chi connectivity index (χ4v) is 5.62. The number of imidazole rings is 1. The molecule has 5 atom stereocenters. The molecule has 0 saturated carbocycles. The molecule has 1 aliphatic heterocycles. The normalized spacial score (nSPS) is 28.3. The molecule has 182 valence electrons. The molecule has 2 aliphatic rings. The third-order valence-electron chi connectivity index (χ3n) is 6.75. The molecule has 3 heterocycles. The van der Waals surface area contributed by atoms with Crippen molar-refractivity contribution in [2.45, 2.75) is 62.7 Å². The molecule has 0 radical (unpaired) electrons. The van der Waals surface area contributed by atoms with Crippen molar-refractivity contribution >= 4 is 27.0 Å². The summed E-state index contributed by atoms with van der Waals surface area (Å²) in [5.41, 5.74) is 3.46. The first-order chi connectivity index (χ1) is 16.0. The third kappa shape index (κ3) is 4.05. The zero-order valence-electron chi connectivity index (χ0n) is 18.9. The van der Waals surface area contributed by atoms with Crippen molar-refractivity contribution in [3.05, 3.63) is 48.0 Å². The van der Waals surface area contributed by atoms with Gasteiger partial charge in [-0.2, -0.15) is 0 Å². The number of aliphatic hydroxyl groups is 2. The Labute approximate surface area is 197 Å². The van der Waals surface area contributed by atoms with Crippen LogP contribution >= 0.6 is 0 Å². The quantitative estimate of drug-likeness (QED) is 0.395. The summed E-state index contributed by atoms with van der Waals surface area (Å²) in [5.74, 6) is 0.189. The fraction of sp³-hybridized carbons (Fsp3) is 0.500. The molecule has 1 aliphatic carbocycles. The van der Waals surface area contributed by atoms with E-state index >= 15 is 0 Å². The average Bonchev–Trinajstić information content (AvgIpc) is 3.40. The molecule has 34 heavy (non-hydrogen) atoms. The van der Waals surface area contributed by atoms with Crippen LogP contribution in [0.5, 0.6) is 0 Å². The van der Waals surface area contributed by atoms with E-state index in [1.165, 1.54) is 28.3 Å². The van der Waals surface area contributed by atoms with E-state index in [1.54, 1.807) is 0 Å². The molecule has 0 amide bonds. The summed E-state index contributed by atoms with van der Waals surface area (Å²) in [6.07, 6.45) is -0.727. The van der Waals surface area contributed by atoms with Crippen molar-refractivity contribution in [1.82, 2.24) is 19.5 Å². The first kappa shape index (κ1) is 23.1. The highest BCUT2D eigenvalue weighted by molar-refractivity contribution is 7.89. The third-order valence-corrected chi connectivity index (χ3v) is 7.55. The number of hydrogen-bond donors (Lipinski definition) is 4. The van der Waals surface area contributed by atoms with Crippen LogP contribution in [0.25, 0.3) is 11.2 Å². The summed E-state index contributed by atoms with van der Waals surface area (Å²) in [7, 11) is -3.73. The number of nitrogens with one attached hydrogen (secondary N) is 1. The minimum absolute atomic E-state index is 0.0176. The van der Waals surface area contributed by atoms with Crippen LogP contribution in [0.1, 0.15) is 50.1 Å². The Bertz CT molecular complexity index is 1330. The van der Waals surface area contributed by atoms with Gasteiger partial charge in [0.25, 0.3) is 0 Å². The van der Waals surface area contributed by atoms with Gasteiger partial charge in [-0.1, -0.05) is 38.1 Å². The van der Waals surface area contributed by atoms with Crippen LogP contribution in [0, 0.1) is 0 Å². The number of benzene rings is 1. The van der Waals surface area contributed by atoms with Gasteiger partial charge in [-0.25, -0.2) is 28.5 Å². The number of anilines is 1. The zero-order valence-corrected chi connectivity index (χ0v) is 19.7. The van der Waals surface area contributed by atoms with Crippen molar-refractivity contribution < 1.29 is 23.4 Å². The summed E-state index contributed by atoms with van der Waals surface area (Å²) in [4.78, 5) is 13.2. The summed E-state index contributed by atoms with van der Waals surface area (Å²) in [6.45, 7) is 4.43. The van der Waals surface area contributed by atoms with Crippen molar-refractivity contribution in [2.24, 2.45) is 5.14 Å². The lowest BCUT2D eigenvalue weighted by Crippen LogP contribution is -2.33. The highest BCUT2D eigenvalue weighted by Crippen LogP contribution is 2.46. The Morgan fingerprint density at radius 3 is 2.74 bits per heavy atom. The second-order valence-electron chi connectivity index (χ2n) is 9.62. The van der Waals surface area contributed by atoms with Crippen LogP contribution < -0.4 is 10.5 Å². The van der Waals surface area contributed by atoms with Crippen molar-refractivity contribution in [2.75, 3.05) is 11.1 Å². The number of nitrogens with two attached hydrogens (primary N) is 1. The predicted molar refractivity (Wildman–Crippen MR) is 124 cm³/mol. The zero-order chi connectivity index (χ0) is 24.3. The largest absolute Gasteiger partial charge is 0.388 e. The predicted octanol–water partition coefficient (Wildman–Crippen LogP) is 0.959.